The Morgan fingerprint density at radius 2 is 2.15 bits per heavy atom. The molecule has 2 rings (SSSR count). The van der Waals surface area contributed by atoms with Gasteiger partial charge in [-0.15, -0.1) is 11.3 Å². The maximum Gasteiger partial charge on any atom is 0.414 e. The lowest BCUT2D eigenvalue weighted by atomic mass is 10.1. The molecular weight excluding hydrogens is 357 g/mol. The normalized spacial score (nSPS) is 13.0. The summed E-state index contributed by atoms with van der Waals surface area (Å²) in [5.74, 6) is -0.784. The summed E-state index contributed by atoms with van der Waals surface area (Å²) < 4.78 is 39.7. The van der Waals surface area contributed by atoms with Gasteiger partial charge in [0, 0.05) is 16.0 Å². The molecule has 1 N–H and O–H groups in total. The first-order valence-corrected chi connectivity index (χ1v) is 7.08. The van der Waals surface area contributed by atoms with E-state index in [1.54, 1.807) is 5.38 Å². The van der Waals surface area contributed by atoms with Gasteiger partial charge in [-0.25, -0.2) is 0 Å². The Morgan fingerprint density at radius 3 is 2.65 bits per heavy atom. The molecule has 0 bridgehead atoms. The fourth-order valence-electron chi connectivity index (χ4n) is 1.50. The zero-order valence-electron chi connectivity index (χ0n) is 9.82. The van der Waals surface area contributed by atoms with E-state index < -0.39 is 18.1 Å². The zero-order valence-corrected chi connectivity index (χ0v) is 12.2. The Labute approximate surface area is 125 Å². The molecule has 0 fully saturated rings. The molecular formula is C12H8BrF3N2OS. The first-order valence-electron chi connectivity index (χ1n) is 5.40. The Morgan fingerprint density at radius 1 is 1.40 bits per heavy atom. The summed E-state index contributed by atoms with van der Waals surface area (Å²) in [5, 5.41) is 3.59. The van der Waals surface area contributed by atoms with Crippen LogP contribution in [0.4, 0.5) is 13.2 Å². The highest BCUT2D eigenvalue weighted by atomic mass is 79.9. The summed E-state index contributed by atoms with van der Waals surface area (Å²) >= 11 is 4.21. The second-order valence-electron chi connectivity index (χ2n) is 3.83. The van der Waals surface area contributed by atoms with E-state index in [2.05, 4.69) is 20.9 Å². The van der Waals surface area contributed by atoms with E-state index in [1.807, 2.05) is 5.32 Å². The number of rotatable bonds is 3. The number of hydrogen-bond acceptors (Lipinski definition) is 3. The summed E-state index contributed by atoms with van der Waals surface area (Å²) in [6, 6.07) is 3.51. The van der Waals surface area contributed by atoms with Crippen molar-refractivity contribution in [3.05, 3.63) is 50.9 Å². The summed E-state index contributed by atoms with van der Waals surface area (Å²) in [5.41, 5.74) is -0.246. The van der Waals surface area contributed by atoms with Gasteiger partial charge < -0.3 is 5.32 Å². The van der Waals surface area contributed by atoms with E-state index >= 15 is 0 Å². The van der Waals surface area contributed by atoms with Gasteiger partial charge in [-0.05, 0) is 34.1 Å². The van der Waals surface area contributed by atoms with Gasteiger partial charge in [0.25, 0.3) is 5.91 Å². The molecule has 1 amide bonds. The van der Waals surface area contributed by atoms with Gasteiger partial charge in [0.2, 0.25) is 0 Å². The number of hydrogen-bond donors (Lipinski definition) is 1. The molecule has 0 aliphatic carbocycles. The molecule has 2 aromatic heterocycles. The topological polar surface area (TPSA) is 42.0 Å². The van der Waals surface area contributed by atoms with Crippen molar-refractivity contribution in [2.24, 2.45) is 0 Å². The molecule has 1 atom stereocenters. The number of pyridine rings is 1. The Balaban J connectivity index is 2.23. The van der Waals surface area contributed by atoms with E-state index in [4.69, 9.17) is 0 Å². The third kappa shape index (κ3) is 3.57. The van der Waals surface area contributed by atoms with Crippen molar-refractivity contribution in [3.63, 3.8) is 0 Å². The molecule has 0 aliphatic rings. The molecule has 20 heavy (non-hydrogen) atoms. The van der Waals surface area contributed by atoms with Crippen LogP contribution < -0.4 is 5.32 Å². The van der Waals surface area contributed by atoms with E-state index in [0.717, 1.165) is 11.3 Å². The van der Waals surface area contributed by atoms with Gasteiger partial charge in [-0.2, -0.15) is 13.2 Å². The maximum absolute atomic E-state index is 13.0. The van der Waals surface area contributed by atoms with E-state index in [-0.39, 0.29) is 10.6 Å². The Bertz CT molecular complexity index is 600. The molecule has 0 spiro atoms. The van der Waals surface area contributed by atoms with E-state index in [9.17, 15) is 18.0 Å². The van der Waals surface area contributed by atoms with Crippen LogP contribution in [0.2, 0.25) is 0 Å². The van der Waals surface area contributed by atoms with Crippen LogP contribution in [-0.2, 0) is 0 Å². The fraction of sp³-hybridized carbons (Fsp3) is 0.167. The van der Waals surface area contributed by atoms with Crippen LogP contribution in [0.25, 0.3) is 0 Å². The third-order valence-corrected chi connectivity index (χ3v) is 4.07. The minimum Gasteiger partial charge on any atom is -0.335 e. The summed E-state index contributed by atoms with van der Waals surface area (Å²) in [6.07, 6.45) is -3.36. The van der Waals surface area contributed by atoms with Crippen molar-refractivity contribution < 1.29 is 18.0 Å². The number of carbonyl (C=O) groups is 1. The fourth-order valence-corrected chi connectivity index (χ4v) is 2.83. The van der Waals surface area contributed by atoms with Crippen molar-refractivity contribution in [1.82, 2.24) is 10.3 Å². The largest absolute Gasteiger partial charge is 0.414 e. The molecule has 2 heterocycles. The van der Waals surface area contributed by atoms with Crippen molar-refractivity contribution in [2.75, 3.05) is 0 Å². The van der Waals surface area contributed by atoms with Crippen molar-refractivity contribution in [2.45, 2.75) is 12.2 Å². The lowest BCUT2D eigenvalue weighted by Crippen LogP contribution is -2.38. The molecule has 0 radical (unpaired) electrons. The van der Waals surface area contributed by atoms with Crippen molar-refractivity contribution in [1.29, 1.82) is 0 Å². The van der Waals surface area contributed by atoms with Crippen LogP contribution >= 0.6 is 27.3 Å². The van der Waals surface area contributed by atoms with Gasteiger partial charge in [-0.3, -0.25) is 9.78 Å². The van der Waals surface area contributed by atoms with Crippen LogP contribution in [0.1, 0.15) is 21.4 Å². The first kappa shape index (κ1) is 15.0. The van der Waals surface area contributed by atoms with Gasteiger partial charge in [-0.1, -0.05) is 6.07 Å². The van der Waals surface area contributed by atoms with Crippen LogP contribution in [0.15, 0.2) is 40.3 Å². The summed E-state index contributed by atoms with van der Waals surface area (Å²) in [7, 11) is 0. The predicted octanol–water partition coefficient (Wildman–Crippen LogP) is 3.94. The highest BCUT2D eigenvalue weighted by molar-refractivity contribution is 9.10. The number of carbonyl (C=O) groups excluding carboxylic acids is 1. The lowest BCUT2D eigenvalue weighted by molar-refractivity contribution is -0.156. The van der Waals surface area contributed by atoms with Crippen LogP contribution in [-0.4, -0.2) is 17.1 Å². The van der Waals surface area contributed by atoms with Crippen molar-refractivity contribution >= 4 is 33.2 Å². The smallest absolute Gasteiger partial charge is 0.335 e. The summed E-state index contributed by atoms with van der Waals surface area (Å²) in [4.78, 5) is 15.7. The molecule has 0 aromatic carbocycles. The van der Waals surface area contributed by atoms with Crippen LogP contribution in [0.3, 0.4) is 0 Å². The molecule has 0 aliphatic heterocycles. The average molecular weight is 365 g/mol. The van der Waals surface area contributed by atoms with E-state index in [0.29, 0.717) is 4.47 Å². The van der Waals surface area contributed by atoms with Gasteiger partial charge in [0.15, 0.2) is 6.04 Å². The lowest BCUT2D eigenvalue weighted by Gasteiger charge is -2.20. The number of halogens is 4. The summed E-state index contributed by atoms with van der Waals surface area (Å²) in [6.45, 7) is 0. The van der Waals surface area contributed by atoms with Crippen molar-refractivity contribution in [3.8, 4) is 0 Å². The highest BCUT2D eigenvalue weighted by Gasteiger charge is 2.43. The maximum atomic E-state index is 13.0. The first-order chi connectivity index (χ1) is 9.38. The van der Waals surface area contributed by atoms with Crippen LogP contribution in [0, 0.1) is 0 Å². The Kier molecular flexibility index (Phi) is 4.44. The predicted molar refractivity (Wildman–Crippen MR) is 72.5 cm³/mol. The molecule has 0 saturated carbocycles. The minimum atomic E-state index is -4.61. The third-order valence-electron chi connectivity index (χ3n) is 2.38. The number of alkyl halides is 3. The molecule has 2 aromatic rings. The Hall–Kier alpha value is -1.41. The quantitative estimate of drug-likeness (QED) is 0.896. The second-order valence-corrected chi connectivity index (χ2v) is 5.66. The number of nitrogens with one attached hydrogen (secondary N) is 1. The SMILES string of the molecule is O=C(NC(c1ccccn1)C(F)(F)F)c1cc(Br)cs1. The highest BCUT2D eigenvalue weighted by Crippen LogP contribution is 2.32. The number of thiophene rings is 1. The number of nitrogens with zero attached hydrogens (tertiary/aromatic N) is 1. The van der Waals surface area contributed by atoms with Gasteiger partial charge in [0.05, 0.1) is 10.6 Å². The van der Waals surface area contributed by atoms with E-state index in [1.165, 1.54) is 30.5 Å². The average Bonchev–Trinajstić information content (AvgIpc) is 2.82. The zero-order chi connectivity index (χ0) is 14.8. The standard InChI is InChI=1S/C12H8BrF3N2OS/c13-7-5-9(20-6-7)11(19)18-10(12(14,15)16)8-3-1-2-4-17-8/h1-6,10H,(H,18,19). The van der Waals surface area contributed by atoms with Gasteiger partial charge >= 0.3 is 6.18 Å². The minimum absolute atomic E-state index is 0.196. The second kappa shape index (κ2) is 5.92. The number of aromatic nitrogens is 1. The van der Waals surface area contributed by atoms with Gasteiger partial charge in [0.1, 0.15) is 0 Å². The molecule has 8 heteroatoms. The molecule has 3 nitrogen and oxygen atoms in total. The molecule has 106 valence electrons. The molecule has 1 unspecified atom stereocenters. The molecule has 0 saturated heterocycles. The van der Waals surface area contributed by atoms with Crippen LogP contribution in [0.5, 0.6) is 0 Å². The number of amides is 1. The monoisotopic (exact) mass is 364 g/mol.